The van der Waals surface area contributed by atoms with E-state index in [1.54, 1.807) is 97.2 Å². The third kappa shape index (κ3) is 22.6. The molecule has 434 valence electrons. The molecule has 20 heteroatoms. The summed E-state index contributed by atoms with van der Waals surface area (Å²) in [5.74, 6) is -7.37. The molecule has 13 unspecified atom stereocenters. The lowest BCUT2D eigenvalue weighted by Crippen LogP contribution is -2.61. The largest absolute Gasteiger partial charge is 0.481 e. The first kappa shape index (κ1) is 65.5. The Morgan fingerprint density at radius 3 is 1.92 bits per heavy atom. The summed E-state index contributed by atoms with van der Waals surface area (Å²) >= 11 is 0. The van der Waals surface area contributed by atoms with Crippen molar-refractivity contribution in [3.8, 4) is 0 Å². The van der Waals surface area contributed by atoms with Crippen molar-refractivity contribution >= 4 is 29.2 Å². The zero-order valence-corrected chi connectivity index (χ0v) is 44.8. The van der Waals surface area contributed by atoms with E-state index in [1.807, 2.05) is 19.9 Å². The average Bonchev–Trinajstić information content (AvgIpc) is 3.34. The Bertz CT molecular complexity index is 2250. The highest BCUT2D eigenvalue weighted by Crippen LogP contribution is 2.38. The van der Waals surface area contributed by atoms with Gasteiger partial charge in [0, 0.05) is 49.3 Å². The van der Waals surface area contributed by atoms with E-state index in [9.17, 15) is 70.2 Å². The molecule has 0 aliphatic carbocycles. The number of allylic oxidation sites excluding steroid dienone is 12. The molecule has 0 aromatic heterocycles. The van der Waals surface area contributed by atoms with Gasteiger partial charge in [-0.25, -0.2) is 0 Å². The number of esters is 1. The number of ether oxygens (including phenoxy) is 4. The average molecular weight is 1100 g/mol. The number of carbonyl (C=O) groups excluding carboxylic acids is 3. The molecule has 2 saturated heterocycles. The monoisotopic (exact) mass is 1100 g/mol. The van der Waals surface area contributed by atoms with E-state index in [2.05, 4.69) is 0 Å². The molecule has 20 nitrogen and oxygen atoms in total. The van der Waals surface area contributed by atoms with Crippen molar-refractivity contribution in [1.82, 2.24) is 0 Å². The molecule has 14 N–H and O–H groups in total. The molecular weight excluding hydrogens is 1010 g/mol. The number of aliphatic hydroxyl groups excluding tert-OH is 8. The lowest BCUT2D eigenvalue weighted by molar-refractivity contribution is -0.308. The van der Waals surface area contributed by atoms with Crippen molar-refractivity contribution in [3.63, 3.8) is 0 Å². The smallest absolute Gasteiger partial charge is 0.313 e. The van der Waals surface area contributed by atoms with Crippen LogP contribution in [0.3, 0.4) is 0 Å². The first-order chi connectivity index (χ1) is 36.9. The van der Waals surface area contributed by atoms with Crippen molar-refractivity contribution in [1.29, 1.82) is 0 Å². The number of cyclic esters (lactones) is 1. The third-order valence-electron chi connectivity index (χ3n) is 14.1. The van der Waals surface area contributed by atoms with Gasteiger partial charge in [-0.2, -0.15) is 0 Å². The lowest BCUT2D eigenvalue weighted by atomic mass is 9.82. The van der Waals surface area contributed by atoms with Crippen LogP contribution in [0.4, 0.5) is 5.69 Å². The third-order valence-corrected chi connectivity index (χ3v) is 14.1. The van der Waals surface area contributed by atoms with Crippen molar-refractivity contribution < 1.29 is 89.2 Å². The number of hydrogen-bond acceptors (Lipinski definition) is 19. The van der Waals surface area contributed by atoms with Gasteiger partial charge in [0.25, 0.3) is 0 Å². The van der Waals surface area contributed by atoms with Crippen LogP contribution in [0.1, 0.15) is 115 Å². The normalized spacial score (nSPS) is 37.8. The Hall–Kier alpha value is -5.04. The number of aliphatic hydroxyl groups is 9. The molecule has 1 aromatic carbocycles. The zero-order chi connectivity index (χ0) is 57.5. The van der Waals surface area contributed by atoms with Gasteiger partial charge in [-0.15, -0.1) is 0 Å². The minimum atomic E-state index is -2.31. The predicted molar refractivity (Wildman–Crippen MR) is 289 cm³/mol. The summed E-state index contributed by atoms with van der Waals surface area (Å²) in [6.45, 7) is 5.27. The van der Waals surface area contributed by atoms with Gasteiger partial charge >= 0.3 is 11.9 Å². The topological polar surface area (TPSA) is 360 Å². The number of carboxylic acid groups (broad SMARTS) is 1. The molecule has 78 heavy (non-hydrogen) atoms. The van der Waals surface area contributed by atoms with E-state index in [0.717, 1.165) is 0 Å². The molecule has 0 saturated carbocycles. The number of carbonyl (C=O) groups is 4. The highest BCUT2D eigenvalue weighted by Gasteiger charge is 2.51. The fourth-order valence-electron chi connectivity index (χ4n) is 9.84. The van der Waals surface area contributed by atoms with Gasteiger partial charge in [0.15, 0.2) is 17.9 Å². The number of fused-ring (bicyclic) bond motifs is 2. The standard InChI is InChI=1S/C58H84N2O18/c1-35-17-14-12-10-8-6-4-5-7-9-11-13-15-20-46(76-57-54(71)52(60)53(70)37(3)75-57)32-49-51(56(72)73)48(68)34-58(74,78-49)33-45(66)29-44(65)28-43(64)27-40(61)18-16-19-41(62)31-50(69)77-55(35)36(2)21-26-42(63)30-47(67)38-22-24-39(59)25-23-38/h4-15,17,20,22-25,35-37,40,42-46,48-49,51-55,57,61,63-66,68,70-71,74H,16,18-19,21,26-34,59-60H2,1-3H3,(H,72,73)/b5-4+,8-6+,9-7+,12-10+,13-11+,17-14+,20-15+/t35?,36?,37-,40?,42?,43?,44?,45?,46?,48?,49?,51?,52+,53-,54-,55?,57+,58?/m1/s1. The molecule has 1 aromatic rings. The summed E-state index contributed by atoms with van der Waals surface area (Å²) in [5.41, 5.74) is 12.7. The van der Waals surface area contributed by atoms with Crippen molar-refractivity contribution in [2.45, 2.75) is 196 Å². The van der Waals surface area contributed by atoms with E-state index in [0.29, 0.717) is 17.7 Å². The second kappa shape index (κ2) is 32.9. The number of Topliss-reactive ketones (excluding diaryl/α,β-unsaturated/α-hetero) is 2. The van der Waals surface area contributed by atoms with Crippen molar-refractivity contribution in [3.05, 3.63) is 115 Å². The molecule has 0 radical (unpaired) electrons. The second-order valence-electron chi connectivity index (χ2n) is 21.0. The number of hydrogen-bond donors (Lipinski definition) is 12. The van der Waals surface area contributed by atoms with E-state index in [4.69, 9.17) is 30.4 Å². The highest BCUT2D eigenvalue weighted by molar-refractivity contribution is 5.96. The fraction of sp³-hybridized carbons (Fsp3) is 0.586. The van der Waals surface area contributed by atoms with Gasteiger partial charge in [-0.05, 0) is 82.1 Å². The second-order valence-corrected chi connectivity index (χ2v) is 21.0. The van der Waals surface area contributed by atoms with Gasteiger partial charge < -0.3 is 81.5 Å². The first-order valence-corrected chi connectivity index (χ1v) is 26.9. The molecule has 3 heterocycles. The maximum absolute atomic E-state index is 13.2. The van der Waals surface area contributed by atoms with Crippen LogP contribution in [0.15, 0.2) is 109 Å². The summed E-state index contributed by atoms with van der Waals surface area (Å²) in [6.07, 6.45) is 5.99. The molecule has 0 amide bonds. The van der Waals surface area contributed by atoms with Gasteiger partial charge in [-0.3, -0.25) is 19.2 Å². The number of carboxylic acids is 1. The molecule has 3 aliphatic heterocycles. The zero-order valence-electron chi connectivity index (χ0n) is 44.8. The van der Waals surface area contributed by atoms with E-state index in [1.165, 1.54) is 13.0 Å². The Kier molecular flexibility index (Phi) is 27.6. The first-order valence-electron chi connectivity index (χ1n) is 26.9. The lowest BCUT2D eigenvalue weighted by Gasteiger charge is -2.45. The van der Waals surface area contributed by atoms with Crippen LogP contribution in [-0.4, -0.2) is 166 Å². The Balaban J connectivity index is 1.52. The van der Waals surface area contributed by atoms with Gasteiger partial charge in [0.1, 0.15) is 30.3 Å². The maximum Gasteiger partial charge on any atom is 0.313 e. The molecule has 0 spiro atoms. The maximum atomic E-state index is 13.2. The molecule has 2 bridgehead atoms. The predicted octanol–water partition coefficient (Wildman–Crippen LogP) is 3.32. The number of nitrogen functional groups attached to an aromatic ring is 1. The van der Waals surface area contributed by atoms with Crippen LogP contribution < -0.4 is 11.5 Å². The van der Waals surface area contributed by atoms with Crippen LogP contribution >= 0.6 is 0 Å². The molecule has 18 atom stereocenters. The Labute approximate surface area is 456 Å². The molecule has 2 fully saturated rings. The van der Waals surface area contributed by atoms with Crippen LogP contribution in [0, 0.1) is 17.8 Å². The number of nitrogens with two attached hydrogens (primary N) is 2. The number of aliphatic carboxylic acids is 1. The number of rotatable bonds is 10. The van der Waals surface area contributed by atoms with E-state index in [-0.39, 0.29) is 69.0 Å². The number of ketones is 2. The van der Waals surface area contributed by atoms with Crippen molar-refractivity contribution in [2.75, 3.05) is 5.73 Å². The molecule has 3 aliphatic rings. The fourth-order valence-corrected chi connectivity index (χ4v) is 9.84. The van der Waals surface area contributed by atoms with Gasteiger partial charge in [-0.1, -0.05) is 98.9 Å². The van der Waals surface area contributed by atoms with Crippen LogP contribution in [0.25, 0.3) is 0 Å². The van der Waals surface area contributed by atoms with Crippen LogP contribution in [0.5, 0.6) is 0 Å². The summed E-state index contributed by atoms with van der Waals surface area (Å²) in [4.78, 5) is 51.5. The summed E-state index contributed by atoms with van der Waals surface area (Å²) in [5, 5.41) is 108. The molecule has 4 rings (SSSR count). The number of benzene rings is 1. The van der Waals surface area contributed by atoms with E-state index >= 15 is 0 Å². The SMILES string of the molecule is CC1/C=C/C=C/C=C/C=C/C=C/C=C/C=C/C(O[C@@H]2O[C@H](C)[C@@H](O)[C@H](N)[C@H]2O)CC2OC(O)(CC(O)CC(O)CC(O)CC(O)CCCC(=O)CC(=O)OC1C(C)CCC(O)CC(=O)c1ccc(N)cc1)CC(O)C2C(=O)O. The Morgan fingerprint density at radius 1 is 0.756 bits per heavy atom. The van der Waals surface area contributed by atoms with E-state index < -0.39 is 141 Å². The minimum Gasteiger partial charge on any atom is -0.481 e. The van der Waals surface area contributed by atoms with Gasteiger partial charge in [0.05, 0.1) is 67.1 Å². The number of anilines is 1. The summed E-state index contributed by atoms with van der Waals surface area (Å²) in [6, 6.07) is 5.28. The van der Waals surface area contributed by atoms with Gasteiger partial charge in [0.2, 0.25) is 0 Å². The quantitative estimate of drug-likeness (QED) is 0.0692. The highest BCUT2D eigenvalue weighted by atomic mass is 16.7. The Morgan fingerprint density at radius 2 is 1.32 bits per heavy atom. The van der Waals surface area contributed by atoms with Crippen LogP contribution in [0.2, 0.25) is 0 Å². The minimum absolute atomic E-state index is 0.0724. The molecular formula is C58H84N2O18. The van der Waals surface area contributed by atoms with Crippen LogP contribution in [-0.2, 0) is 33.3 Å². The van der Waals surface area contributed by atoms with Crippen molar-refractivity contribution in [2.24, 2.45) is 23.5 Å². The summed E-state index contributed by atoms with van der Waals surface area (Å²) in [7, 11) is 0. The summed E-state index contributed by atoms with van der Waals surface area (Å²) < 4.78 is 23.7.